The third-order valence-electron chi connectivity index (χ3n) is 3.28. The van der Waals surface area contributed by atoms with Crippen LogP contribution in [0.4, 0.5) is 0 Å². The first kappa shape index (κ1) is 8.48. The van der Waals surface area contributed by atoms with Crippen LogP contribution < -0.4 is 5.32 Å². The zero-order valence-corrected chi connectivity index (χ0v) is 7.29. The largest absolute Gasteiger partial charge is 0.393 e. The van der Waals surface area contributed by atoms with Crippen molar-refractivity contribution in [2.24, 2.45) is 5.92 Å². The molecule has 0 radical (unpaired) electrons. The van der Waals surface area contributed by atoms with Gasteiger partial charge >= 0.3 is 0 Å². The highest BCUT2D eigenvalue weighted by Crippen LogP contribution is 2.35. The van der Waals surface area contributed by atoms with Gasteiger partial charge in [0.15, 0.2) is 0 Å². The van der Waals surface area contributed by atoms with Gasteiger partial charge in [0.2, 0.25) is 0 Å². The maximum absolute atomic E-state index is 9.98. The normalized spacial score (nSPS) is 40.5. The summed E-state index contributed by atoms with van der Waals surface area (Å²) in [5, 5.41) is 22.7. The molecule has 2 fully saturated rings. The number of nitrogens with one attached hydrogen (secondary N) is 1. The molecule has 1 aliphatic heterocycles. The highest BCUT2D eigenvalue weighted by molar-refractivity contribution is 5.01. The van der Waals surface area contributed by atoms with Gasteiger partial charge in [-0.3, -0.25) is 0 Å². The maximum atomic E-state index is 9.98. The Kier molecular flexibility index (Phi) is 2.10. The van der Waals surface area contributed by atoms with Crippen LogP contribution in [-0.4, -0.2) is 35.0 Å². The molecule has 2 aliphatic rings. The summed E-state index contributed by atoms with van der Waals surface area (Å²) in [6.07, 6.45) is 3.85. The number of aliphatic hydroxyl groups is 2. The lowest BCUT2D eigenvalue weighted by molar-refractivity contribution is -0.116. The van der Waals surface area contributed by atoms with E-state index in [9.17, 15) is 10.2 Å². The molecule has 0 aromatic rings. The van der Waals surface area contributed by atoms with Crippen molar-refractivity contribution in [1.29, 1.82) is 0 Å². The average molecular weight is 171 g/mol. The topological polar surface area (TPSA) is 52.5 Å². The van der Waals surface area contributed by atoms with E-state index in [1.165, 1.54) is 0 Å². The molecule has 1 heterocycles. The second kappa shape index (κ2) is 2.98. The van der Waals surface area contributed by atoms with Crippen molar-refractivity contribution >= 4 is 0 Å². The van der Waals surface area contributed by atoms with Crippen molar-refractivity contribution in [3.8, 4) is 0 Å². The predicted molar refractivity (Wildman–Crippen MR) is 45.8 cm³/mol. The van der Waals surface area contributed by atoms with Crippen molar-refractivity contribution in [2.45, 2.75) is 37.4 Å². The van der Waals surface area contributed by atoms with Gasteiger partial charge in [-0.15, -0.1) is 0 Å². The highest BCUT2D eigenvalue weighted by Gasteiger charge is 2.45. The minimum Gasteiger partial charge on any atom is -0.393 e. The SMILES string of the molecule is OC1CCCCC1C1(O)CNC1. The predicted octanol–water partition coefficient (Wildman–Crippen LogP) is -0.128. The zero-order chi connectivity index (χ0) is 8.60. The molecule has 0 bridgehead atoms. The Labute approximate surface area is 72.8 Å². The fraction of sp³-hybridized carbons (Fsp3) is 1.00. The van der Waals surface area contributed by atoms with E-state index in [1.807, 2.05) is 0 Å². The first-order valence-electron chi connectivity index (χ1n) is 4.83. The van der Waals surface area contributed by atoms with Crippen molar-refractivity contribution in [3.05, 3.63) is 0 Å². The van der Waals surface area contributed by atoms with Crippen molar-refractivity contribution in [1.82, 2.24) is 5.32 Å². The van der Waals surface area contributed by atoms with Crippen LogP contribution in [0.3, 0.4) is 0 Å². The Morgan fingerprint density at radius 3 is 2.33 bits per heavy atom. The lowest BCUT2D eigenvalue weighted by atomic mass is 9.72. The van der Waals surface area contributed by atoms with Crippen LogP contribution in [-0.2, 0) is 0 Å². The highest BCUT2D eigenvalue weighted by atomic mass is 16.3. The second-order valence-electron chi connectivity index (χ2n) is 4.17. The molecule has 3 heteroatoms. The molecule has 1 saturated heterocycles. The molecule has 0 amide bonds. The molecule has 3 N–H and O–H groups in total. The van der Waals surface area contributed by atoms with Crippen LogP contribution in [0.2, 0.25) is 0 Å². The summed E-state index contributed by atoms with van der Waals surface area (Å²) < 4.78 is 0. The summed E-state index contributed by atoms with van der Waals surface area (Å²) in [5.41, 5.74) is -0.597. The van der Waals surface area contributed by atoms with E-state index >= 15 is 0 Å². The molecule has 70 valence electrons. The van der Waals surface area contributed by atoms with Gasteiger partial charge in [-0.25, -0.2) is 0 Å². The molecule has 2 rings (SSSR count). The quantitative estimate of drug-likeness (QED) is 0.515. The molecule has 0 aromatic heterocycles. The summed E-state index contributed by atoms with van der Waals surface area (Å²) in [7, 11) is 0. The van der Waals surface area contributed by atoms with Gasteiger partial charge in [-0.05, 0) is 12.8 Å². The lowest BCUT2D eigenvalue weighted by Crippen LogP contribution is -2.66. The fourth-order valence-corrected chi connectivity index (χ4v) is 2.38. The Hall–Kier alpha value is -0.120. The maximum Gasteiger partial charge on any atom is 0.0947 e. The molecule has 0 aromatic carbocycles. The monoisotopic (exact) mass is 171 g/mol. The molecular formula is C9H17NO2. The summed E-state index contributed by atoms with van der Waals surface area (Å²) in [5.74, 6) is 0.118. The molecule has 2 unspecified atom stereocenters. The summed E-state index contributed by atoms with van der Waals surface area (Å²) in [6, 6.07) is 0. The third kappa shape index (κ3) is 1.26. The van der Waals surface area contributed by atoms with Gasteiger partial charge in [0.25, 0.3) is 0 Å². The smallest absolute Gasteiger partial charge is 0.0947 e. The minimum absolute atomic E-state index is 0.118. The molecule has 1 aliphatic carbocycles. The molecule has 2 atom stereocenters. The van der Waals surface area contributed by atoms with Crippen molar-refractivity contribution in [3.63, 3.8) is 0 Å². The standard InChI is InChI=1S/C9H17NO2/c11-8-4-2-1-3-7(8)9(12)5-10-6-9/h7-8,10-12H,1-6H2. The van der Waals surface area contributed by atoms with Gasteiger partial charge in [-0.2, -0.15) is 0 Å². The van der Waals surface area contributed by atoms with Gasteiger partial charge in [0, 0.05) is 19.0 Å². The Morgan fingerprint density at radius 2 is 1.83 bits per heavy atom. The van der Waals surface area contributed by atoms with Crippen LogP contribution >= 0.6 is 0 Å². The van der Waals surface area contributed by atoms with E-state index < -0.39 is 5.60 Å². The van der Waals surface area contributed by atoms with Crippen LogP contribution in [0.25, 0.3) is 0 Å². The average Bonchev–Trinajstić information content (AvgIpc) is 2.01. The Balaban J connectivity index is 2.00. The van der Waals surface area contributed by atoms with E-state index in [0.29, 0.717) is 13.1 Å². The van der Waals surface area contributed by atoms with Gasteiger partial charge < -0.3 is 15.5 Å². The van der Waals surface area contributed by atoms with Crippen LogP contribution in [0, 0.1) is 5.92 Å². The number of hydrogen-bond acceptors (Lipinski definition) is 3. The van der Waals surface area contributed by atoms with E-state index in [-0.39, 0.29) is 12.0 Å². The first-order chi connectivity index (χ1) is 5.72. The third-order valence-corrected chi connectivity index (χ3v) is 3.28. The number of β-amino-alcohol motifs (C(OH)–C–C–N with tert-alkyl or cyclic N) is 1. The summed E-state index contributed by atoms with van der Waals surface area (Å²) in [4.78, 5) is 0. The first-order valence-corrected chi connectivity index (χ1v) is 4.83. The molecule has 1 saturated carbocycles. The van der Waals surface area contributed by atoms with Crippen LogP contribution in [0.1, 0.15) is 25.7 Å². The summed E-state index contributed by atoms with van der Waals surface area (Å²) >= 11 is 0. The lowest BCUT2D eigenvalue weighted by Gasteiger charge is -2.47. The summed E-state index contributed by atoms with van der Waals surface area (Å²) in [6.45, 7) is 1.32. The van der Waals surface area contributed by atoms with Crippen LogP contribution in [0.15, 0.2) is 0 Å². The number of hydrogen-bond donors (Lipinski definition) is 3. The molecule has 12 heavy (non-hydrogen) atoms. The number of rotatable bonds is 1. The molecule has 0 spiro atoms. The van der Waals surface area contributed by atoms with E-state index in [2.05, 4.69) is 5.32 Å². The Morgan fingerprint density at radius 1 is 1.17 bits per heavy atom. The fourth-order valence-electron chi connectivity index (χ4n) is 2.38. The second-order valence-corrected chi connectivity index (χ2v) is 4.17. The van der Waals surface area contributed by atoms with E-state index in [0.717, 1.165) is 25.7 Å². The van der Waals surface area contributed by atoms with E-state index in [4.69, 9.17) is 0 Å². The zero-order valence-electron chi connectivity index (χ0n) is 7.29. The number of aliphatic hydroxyl groups excluding tert-OH is 1. The van der Waals surface area contributed by atoms with Gasteiger partial charge in [0.05, 0.1) is 11.7 Å². The minimum atomic E-state index is -0.597. The van der Waals surface area contributed by atoms with Crippen molar-refractivity contribution in [2.75, 3.05) is 13.1 Å². The van der Waals surface area contributed by atoms with Gasteiger partial charge in [0.1, 0.15) is 0 Å². The molecule has 3 nitrogen and oxygen atoms in total. The Bertz CT molecular complexity index is 168. The molecular weight excluding hydrogens is 154 g/mol. The van der Waals surface area contributed by atoms with E-state index in [1.54, 1.807) is 0 Å². The van der Waals surface area contributed by atoms with Crippen LogP contribution in [0.5, 0.6) is 0 Å². The van der Waals surface area contributed by atoms with Crippen molar-refractivity contribution < 1.29 is 10.2 Å². The van der Waals surface area contributed by atoms with Gasteiger partial charge in [-0.1, -0.05) is 12.8 Å².